The lowest BCUT2D eigenvalue weighted by molar-refractivity contribution is 0.190. The standard InChI is InChI=1S/C11H18N2.2C2H6/c1-4-5-6-11(2)13-9-7-12(3)8-10-13;2*1-2/h4-6H,1-2,7-10H2,3H3;2*1-2H3/b6-5-;;. The summed E-state index contributed by atoms with van der Waals surface area (Å²) in [5.74, 6) is 0. The van der Waals surface area contributed by atoms with Crippen molar-refractivity contribution >= 4 is 0 Å². The number of nitrogens with zero attached hydrogens (tertiary/aromatic N) is 2. The van der Waals surface area contributed by atoms with Crippen molar-refractivity contribution in [2.24, 2.45) is 0 Å². The monoisotopic (exact) mass is 238 g/mol. The van der Waals surface area contributed by atoms with Gasteiger partial charge in [0.2, 0.25) is 0 Å². The Morgan fingerprint density at radius 3 is 1.88 bits per heavy atom. The lowest BCUT2D eigenvalue weighted by atomic mass is 10.3. The van der Waals surface area contributed by atoms with Crippen LogP contribution in [0.25, 0.3) is 0 Å². The molecular weight excluding hydrogens is 208 g/mol. The molecule has 0 radical (unpaired) electrons. The maximum atomic E-state index is 4.01. The molecule has 0 aromatic carbocycles. The van der Waals surface area contributed by atoms with Gasteiger partial charge in [-0.1, -0.05) is 53.0 Å². The molecule has 1 fully saturated rings. The largest absolute Gasteiger partial charge is 0.369 e. The Morgan fingerprint density at radius 1 is 1.00 bits per heavy atom. The van der Waals surface area contributed by atoms with Crippen molar-refractivity contribution in [1.29, 1.82) is 0 Å². The maximum absolute atomic E-state index is 4.01. The zero-order valence-electron chi connectivity index (χ0n) is 12.4. The number of hydrogen-bond donors (Lipinski definition) is 0. The summed E-state index contributed by atoms with van der Waals surface area (Å²) in [7, 11) is 2.15. The second-order valence-electron chi connectivity index (χ2n) is 3.38. The highest BCUT2D eigenvalue weighted by atomic mass is 15.2. The SMILES string of the molecule is C=C/C=C\C(=C)N1CCN(C)CC1.CC.CC. The molecule has 0 spiro atoms. The van der Waals surface area contributed by atoms with Gasteiger partial charge in [0.05, 0.1) is 0 Å². The summed E-state index contributed by atoms with van der Waals surface area (Å²) in [4.78, 5) is 4.64. The molecule has 2 nitrogen and oxygen atoms in total. The Bertz CT molecular complexity index is 211. The zero-order chi connectivity index (χ0) is 13.7. The van der Waals surface area contributed by atoms with Gasteiger partial charge in [-0.3, -0.25) is 0 Å². The van der Waals surface area contributed by atoms with Crippen molar-refractivity contribution in [3.05, 3.63) is 37.1 Å². The molecule has 1 rings (SSSR count). The van der Waals surface area contributed by atoms with Gasteiger partial charge in [-0.15, -0.1) is 0 Å². The second kappa shape index (κ2) is 13.0. The van der Waals surface area contributed by atoms with Crippen LogP contribution in [0.2, 0.25) is 0 Å². The zero-order valence-corrected chi connectivity index (χ0v) is 12.4. The third-order valence-corrected chi connectivity index (χ3v) is 2.33. The van der Waals surface area contributed by atoms with E-state index in [4.69, 9.17) is 0 Å². The van der Waals surface area contributed by atoms with E-state index in [1.54, 1.807) is 6.08 Å². The van der Waals surface area contributed by atoms with E-state index in [-0.39, 0.29) is 0 Å². The Balaban J connectivity index is 0. The molecule has 0 unspecified atom stereocenters. The molecule has 2 heteroatoms. The van der Waals surface area contributed by atoms with E-state index in [0.717, 1.165) is 31.9 Å². The Hall–Kier alpha value is -1.02. The summed E-state index contributed by atoms with van der Waals surface area (Å²) in [6.45, 7) is 20.1. The van der Waals surface area contributed by atoms with Crippen LogP contribution in [0, 0.1) is 0 Å². The third-order valence-electron chi connectivity index (χ3n) is 2.33. The van der Waals surface area contributed by atoms with E-state index in [0.29, 0.717) is 0 Å². The van der Waals surface area contributed by atoms with E-state index in [2.05, 4.69) is 30.0 Å². The van der Waals surface area contributed by atoms with E-state index in [1.807, 2.05) is 39.8 Å². The highest BCUT2D eigenvalue weighted by molar-refractivity contribution is 5.17. The van der Waals surface area contributed by atoms with E-state index >= 15 is 0 Å². The summed E-state index contributed by atoms with van der Waals surface area (Å²) in [6.07, 6.45) is 5.72. The van der Waals surface area contributed by atoms with Crippen LogP contribution in [0.4, 0.5) is 0 Å². The van der Waals surface area contributed by atoms with Crippen LogP contribution in [-0.4, -0.2) is 43.0 Å². The van der Waals surface area contributed by atoms with Gasteiger partial charge in [-0.05, 0) is 13.1 Å². The minimum Gasteiger partial charge on any atom is -0.369 e. The van der Waals surface area contributed by atoms with Crippen molar-refractivity contribution in [3.8, 4) is 0 Å². The Labute approximate surface area is 108 Å². The van der Waals surface area contributed by atoms with Crippen molar-refractivity contribution in [2.75, 3.05) is 33.2 Å². The van der Waals surface area contributed by atoms with Crippen LogP contribution < -0.4 is 0 Å². The average molecular weight is 238 g/mol. The lowest BCUT2D eigenvalue weighted by Gasteiger charge is -2.34. The lowest BCUT2D eigenvalue weighted by Crippen LogP contribution is -2.43. The minimum atomic E-state index is 1.08. The molecular formula is C15H30N2. The molecule has 0 aliphatic carbocycles. The van der Waals surface area contributed by atoms with E-state index in [9.17, 15) is 0 Å². The quantitative estimate of drug-likeness (QED) is 0.694. The van der Waals surface area contributed by atoms with Gasteiger partial charge in [-0.2, -0.15) is 0 Å². The number of rotatable bonds is 3. The van der Waals surface area contributed by atoms with Gasteiger partial charge in [0.25, 0.3) is 0 Å². The summed E-state index contributed by atoms with van der Waals surface area (Å²) in [5.41, 5.74) is 1.09. The van der Waals surface area contributed by atoms with Crippen molar-refractivity contribution < 1.29 is 0 Å². The number of piperazine rings is 1. The second-order valence-corrected chi connectivity index (χ2v) is 3.38. The first kappa shape index (κ1) is 18.3. The predicted octanol–water partition coefficient (Wildman–Crippen LogP) is 3.54. The highest BCUT2D eigenvalue weighted by Crippen LogP contribution is 2.07. The van der Waals surface area contributed by atoms with Crippen LogP contribution in [0.15, 0.2) is 37.1 Å². The van der Waals surface area contributed by atoms with Gasteiger partial charge < -0.3 is 9.80 Å². The van der Waals surface area contributed by atoms with Gasteiger partial charge in [0, 0.05) is 31.9 Å². The summed E-state index contributed by atoms with van der Waals surface area (Å²) < 4.78 is 0. The Kier molecular flexibility index (Phi) is 14.1. The summed E-state index contributed by atoms with van der Waals surface area (Å²) in [5, 5.41) is 0. The molecule has 1 aliphatic heterocycles. The fourth-order valence-electron chi connectivity index (χ4n) is 1.38. The predicted molar refractivity (Wildman–Crippen MR) is 80.2 cm³/mol. The smallest absolute Gasteiger partial charge is 0.0306 e. The molecule has 0 N–H and O–H groups in total. The van der Waals surface area contributed by atoms with Gasteiger partial charge in [-0.25, -0.2) is 0 Å². The fraction of sp³-hybridized carbons (Fsp3) is 0.600. The van der Waals surface area contributed by atoms with Crippen molar-refractivity contribution in [3.63, 3.8) is 0 Å². The van der Waals surface area contributed by atoms with E-state index in [1.165, 1.54) is 0 Å². The van der Waals surface area contributed by atoms with Gasteiger partial charge >= 0.3 is 0 Å². The van der Waals surface area contributed by atoms with Crippen LogP contribution >= 0.6 is 0 Å². The Morgan fingerprint density at radius 2 is 1.47 bits per heavy atom. The van der Waals surface area contributed by atoms with Gasteiger partial charge in [0.1, 0.15) is 0 Å². The average Bonchev–Trinajstić information content (AvgIpc) is 2.41. The van der Waals surface area contributed by atoms with Crippen molar-refractivity contribution in [1.82, 2.24) is 9.80 Å². The molecule has 17 heavy (non-hydrogen) atoms. The molecule has 0 aromatic heterocycles. The maximum Gasteiger partial charge on any atom is 0.0306 e. The minimum absolute atomic E-state index is 1.08. The van der Waals surface area contributed by atoms with E-state index < -0.39 is 0 Å². The molecule has 100 valence electrons. The molecule has 1 saturated heterocycles. The van der Waals surface area contributed by atoms with Gasteiger partial charge in [0.15, 0.2) is 0 Å². The van der Waals surface area contributed by atoms with Crippen LogP contribution in [0.5, 0.6) is 0 Å². The molecule has 0 aromatic rings. The summed E-state index contributed by atoms with van der Waals surface area (Å²) in [6, 6.07) is 0. The fourth-order valence-corrected chi connectivity index (χ4v) is 1.38. The molecule has 0 amide bonds. The molecule has 1 heterocycles. The van der Waals surface area contributed by atoms with Crippen LogP contribution in [-0.2, 0) is 0 Å². The van der Waals surface area contributed by atoms with Crippen LogP contribution in [0.1, 0.15) is 27.7 Å². The summed E-state index contributed by atoms with van der Waals surface area (Å²) >= 11 is 0. The first-order valence-corrected chi connectivity index (χ1v) is 6.65. The molecule has 0 bridgehead atoms. The highest BCUT2D eigenvalue weighted by Gasteiger charge is 2.12. The molecule has 0 saturated carbocycles. The molecule has 1 aliphatic rings. The first-order chi connectivity index (χ1) is 8.24. The third kappa shape index (κ3) is 8.75. The first-order valence-electron chi connectivity index (χ1n) is 6.65. The van der Waals surface area contributed by atoms with Crippen molar-refractivity contribution in [2.45, 2.75) is 27.7 Å². The topological polar surface area (TPSA) is 6.48 Å². The normalized spacial score (nSPS) is 15.5. The number of hydrogen-bond acceptors (Lipinski definition) is 2. The number of likely N-dealkylation sites (N-methyl/N-ethyl adjacent to an activating group) is 1. The number of allylic oxidation sites excluding steroid dienone is 3. The molecule has 0 atom stereocenters. The van der Waals surface area contributed by atoms with Crippen LogP contribution in [0.3, 0.4) is 0 Å².